The Balaban J connectivity index is 2.31. The molecule has 0 aromatic heterocycles. The maximum absolute atomic E-state index is 11.3. The average molecular weight is 378 g/mol. The Bertz CT molecular complexity index is 470. The van der Waals surface area contributed by atoms with E-state index in [1.54, 1.807) is 6.08 Å². The number of benzene rings is 1. The Morgan fingerprint density at radius 3 is 2.73 bits per heavy atom. The minimum atomic E-state index is -0.377. The summed E-state index contributed by atoms with van der Waals surface area (Å²) >= 11 is 1.83. The molecule has 0 spiro atoms. The summed E-state index contributed by atoms with van der Waals surface area (Å²) in [6, 6.07) is 7.80. The molecule has 1 fully saturated rings. The Morgan fingerprint density at radius 2 is 2.13 bits per heavy atom. The summed E-state index contributed by atoms with van der Waals surface area (Å²) in [5, 5.41) is 2.28. The van der Waals surface area contributed by atoms with Crippen LogP contribution in [0.3, 0.4) is 0 Å². The summed E-state index contributed by atoms with van der Waals surface area (Å²) in [7, 11) is 0. The van der Waals surface area contributed by atoms with E-state index in [9.17, 15) is 9.59 Å². The Morgan fingerprint density at radius 1 is 1.33 bits per heavy atom. The molecule has 15 heavy (non-hydrogen) atoms. The molecule has 1 aromatic rings. The molecule has 0 saturated carbocycles. The Labute approximate surface area is 107 Å². The van der Waals surface area contributed by atoms with Crippen LogP contribution in [0, 0.1) is 3.57 Å². The van der Waals surface area contributed by atoms with Crippen molar-refractivity contribution in [3.05, 3.63) is 37.9 Å². The van der Waals surface area contributed by atoms with Crippen LogP contribution in [0.1, 0.15) is 5.56 Å². The van der Waals surface area contributed by atoms with E-state index in [-0.39, 0.29) is 25.7 Å². The average Bonchev–Trinajstić information content (AvgIpc) is 2.45. The van der Waals surface area contributed by atoms with Gasteiger partial charge in [-0.15, -0.1) is 0 Å². The zero-order valence-corrected chi connectivity index (χ0v) is 11.4. The van der Waals surface area contributed by atoms with Crippen LogP contribution in [-0.4, -0.2) is 25.7 Å². The molecule has 0 aliphatic carbocycles. The first-order chi connectivity index (χ1) is 7.15. The van der Waals surface area contributed by atoms with Gasteiger partial charge in [-0.25, -0.2) is 0 Å². The predicted octanol–water partition coefficient (Wildman–Crippen LogP) is 1.59. The van der Waals surface area contributed by atoms with Gasteiger partial charge in [0.15, 0.2) is 0 Å². The number of hydrogen-bond acceptors (Lipinski definition) is 2. The third kappa shape index (κ3) is 2.68. The number of imide groups is 1. The SMILES string of the molecule is O=C1NC(=O)C(=Cc2cccc(I)c2)[Se]1. The number of nitrogens with one attached hydrogen (secondary N) is 1. The molecule has 1 N–H and O–H groups in total. The van der Waals surface area contributed by atoms with Crippen molar-refractivity contribution in [3.63, 3.8) is 0 Å². The first kappa shape index (κ1) is 10.9. The molecule has 3 nitrogen and oxygen atoms in total. The number of amides is 2. The van der Waals surface area contributed by atoms with Crippen LogP contribution in [0.5, 0.6) is 0 Å². The zero-order valence-electron chi connectivity index (χ0n) is 7.49. The molecule has 5 heteroatoms. The van der Waals surface area contributed by atoms with E-state index in [2.05, 4.69) is 27.9 Å². The van der Waals surface area contributed by atoms with E-state index in [1.165, 1.54) is 0 Å². The summed E-state index contributed by atoms with van der Waals surface area (Å²) in [5.74, 6) is -0.251. The summed E-state index contributed by atoms with van der Waals surface area (Å²) < 4.78 is 1.70. The van der Waals surface area contributed by atoms with Crippen LogP contribution >= 0.6 is 22.6 Å². The van der Waals surface area contributed by atoms with Crippen LogP contribution in [0.4, 0.5) is 4.79 Å². The predicted molar refractivity (Wildman–Crippen MR) is 66.4 cm³/mol. The van der Waals surface area contributed by atoms with Gasteiger partial charge < -0.3 is 0 Å². The monoisotopic (exact) mass is 379 g/mol. The van der Waals surface area contributed by atoms with Gasteiger partial charge >= 0.3 is 107 Å². The second kappa shape index (κ2) is 4.47. The fraction of sp³-hybridized carbons (Fsp3) is 0. The van der Waals surface area contributed by atoms with E-state index in [0.717, 1.165) is 9.13 Å². The molecule has 2 rings (SSSR count). The van der Waals surface area contributed by atoms with Crippen LogP contribution in [0.15, 0.2) is 28.7 Å². The van der Waals surface area contributed by atoms with Gasteiger partial charge in [0.05, 0.1) is 0 Å². The molecule has 0 radical (unpaired) electrons. The summed E-state index contributed by atoms with van der Waals surface area (Å²) in [5.41, 5.74) is 0.962. The fourth-order valence-electron chi connectivity index (χ4n) is 1.17. The summed E-state index contributed by atoms with van der Waals surface area (Å²) in [6.07, 6.45) is 1.78. The minimum absolute atomic E-state index is 0.163. The second-order valence-corrected chi connectivity index (χ2v) is 6.28. The van der Waals surface area contributed by atoms with Crippen LogP contribution in [0.2, 0.25) is 0 Å². The van der Waals surface area contributed by atoms with Gasteiger partial charge in [0.1, 0.15) is 0 Å². The van der Waals surface area contributed by atoms with Gasteiger partial charge in [0.25, 0.3) is 0 Å². The maximum atomic E-state index is 11.3. The van der Waals surface area contributed by atoms with Gasteiger partial charge in [-0.2, -0.15) is 0 Å². The van der Waals surface area contributed by atoms with Crippen molar-refractivity contribution < 1.29 is 9.59 Å². The first-order valence-electron chi connectivity index (χ1n) is 4.15. The van der Waals surface area contributed by atoms with Crippen LogP contribution in [-0.2, 0) is 4.79 Å². The van der Waals surface area contributed by atoms with Gasteiger partial charge in [-0.3, -0.25) is 0 Å². The molecule has 0 bridgehead atoms. The molecule has 1 saturated heterocycles. The van der Waals surface area contributed by atoms with Gasteiger partial charge in [-0.1, -0.05) is 0 Å². The quantitative estimate of drug-likeness (QED) is 0.459. The second-order valence-electron chi connectivity index (χ2n) is 2.91. The molecule has 1 aromatic carbocycles. The van der Waals surface area contributed by atoms with Gasteiger partial charge in [0, 0.05) is 0 Å². The number of rotatable bonds is 1. The van der Waals surface area contributed by atoms with E-state index in [1.807, 2.05) is 24.3 Å². The topological polar surface area (TPSA) is 46.2 Å². The molecule has 0 unspecified atom stereocenters. The molecule has 76 valence electrons. The first-order valence-corrected chi connectivity index (χ1v) is 6.95. The zero-order chi connectivity index (χ0) is 10.8. The van der Waals surface area contributed by atoms with E-state index < -0.39 is 0 Å². The number of carbonyl (C=O) groups excluding carboxylic acids is 2. The Hall–Kier alpha value is -0.651. The van der Waals surface area contributed by atoms with Crippen molar-refractivity contribution in [2.45, 2.75) is 0 Å². The molecule has 0 atom stereocenters. The summed E-state index contributed by atoms with van der Waals surface area (Å²) in [6.45, 7) is 0. The number of carbonyl (C=O) groups is 2. The van der Waals surface area contributed by atoms with Crippen molar-refractivity contribution in [1.82, 2.24) is 5.32 Å². The normalized spacial score (nSPS) is 18.3. The molecule has 2 amide bonds. The van der Waals surface area contributed by atoms with E-state index >= 15 is 0 Å². The van der Waals surface area contributed by atoms with Crippen molar-refractivity contribution in [2.75, 3.05) is 0 Å². The van der Waals surface area contributed by atoms with Crippen LogP contribution < -0.4 is 5.32 Å². The molecule has 1 heterocycles. The van der Waals surface area contributed by atoms with Crippen molar-refractivity contribution in [3.8, 4) is 0 Å². The third-order valence-corrected chi connectivity index (χ3v) is 4.16. The van der Waals surface area contributed by atoms with Crippen LogP contribution in [0.25, 0.3) is 6.08 Å². The molecule has 1 aliphatic rings. The van der Waals surface area contributed by atoms with Crippen molar-refractivity contribution in [2.24, 2.45) is 0 Å². The standard InChI is InChI=1S/C10H6INO2Se/c11-7-3-1-2-6(4-7)5-8-9(13)12-10(14)15-8/h1-5H,(H,12,13,14). The van der Waals surface area contributed by atoms with Crippen molar-refractivity contribution in [1.29, 1.82) is 0 Å². The number of hydrogen-bond donors (Lipinski definition) is 1. The number of halogens is 1. The van der Waals surface area contributed by atoms with Gasteiger partial charge in [-0.05, 0) is 0 Å². The fourth-order valence-corrected chi connectivity index (χ4v) is 3.17. The molecular weight excluding hydrogens is 372 g/mol. The van der Waals surface area contributed by atoms with E-state index in [4.69, 9.17) is 0 Å². The van der Waals surface area contributed by atoms with E-state index in [0.29, 0.717) is 4.47 Å². The Kier molecular flexibility index (Phi) is 3.23. The third-order valence-electron chi connectivity index (χ3n) is 1.79. The molecule has 1 aliphatic heterocycles. The molecular formula is C10H6INO2Se. The van der Waals surface area contributed by atoms with Crippen molar-refractivity contribution >= 4 is 54.3 Å². The van der Waals surface area contributed by atoms with Gasteiger partial charge in [0.2, 0.25) is 0 Å². The summed E-state index contributed by atoms with van der Waals surface area (Å²) in [4.78, 5) is 22.1.